The molecule has 2 amide bonds. The number of imidazole rings is 1. The van der Waals surface area contributed by atoms with Crippen molar-refractivity contribution in [3.8, 4) is 0 Å². The molecule has 0 spiro atoms. The molecule has 2 aliphatic heterocycles. The van der Waals surface area contributed by atoms with Crippen molar-refractivity contribution in [1.82, 2.24) is 19.8 Å². The van der Waals surface area contributed by atoms with Crippen molar-refractivity contribution in [3.63, 3.8) is 0 Å². The molecule has 0 aliphatic carbocycles. The number of carbonyl (C=O) groups excluding carboxylic acids is 2. The smallest absolute Gasteiger partial charge is 0.274 e. The monoisotopic (exact) mass is 263 g/mol. The first-order valence-corrected chi connectivity index (χ1v) is 6.56. The predicted octanol–water partition coefficient (Wildman–Crippen LogP) is -0.341. The number of aryl methyl sites for hydroxylation is 1. The number of hydrogen-bond donors (Lipinski definition) is 2. The van der Waals surface area contributed by atoms with Crippen LogP contribution in [0.4, 0.5) is 5.95 Å². The van der Waals surface area contributed by atoms with E-state index in [1.807, 2.05) is 4.57 Å². The highest BCUT2D eigenvalue weighted by atomic mass is 16.2. The highest BCUT2D eigenvalue weighted by Crippen LogP contribution is 2.17. The molecule has 2 aliphatic rings. The Bertz CT molecular complexity index is 501. The van der Waals surface area contributed by atoms with Gasteiger partial charge in [-0.15, -0.1) is 0 Å². The van der Waals surface area contributed by atoms with Crippen molar-refractivity contribution in [2.24, 2.45) is 0 Å². The molecule has 2 N–H and O–H groups in total. The molecule has 0 bridgehead atoms. The Labute approximate surface area is 111 Å². The highest BCUT2D eigenvalue weighted by Gasteiger charge is 2.31. The topological polar surface area (TPSA) is 79.3 Å². The Morgan fingerprint density at radius 2 is 2.21 bits per heavy atom. The zero-order valence-corrected chi connectivity index (χ0v) is 10.8. The average Bonchev–Trinajstić information content (AvgIpc) is 2.85. The second-order valence-electron chi connectivity index (χ2n) is 4.89. The molecule has 7 nitrogen and oxygen atoms in total. The molecule has 0 radical (unpaired) electrons. The van der Waals surface area contributed by atoms with E-state index in [0.29, 0.717) is 18.8 Å². The van der Waals surface area contributed by atoms with Crippen LogP contribution in [0.25, 0.3) is 0 Å². The van der Waals surface area contributed by atoms with E-state index in [4.69, 9.17) is 0 Å². The summed E-state index contributed by atoms with van der Waals surface area (Å²) < 4.78 is 1.95. The third kappa shape index (κ3) is 2.05. The fourth-order valence-electron chi connectivity index (χ4n) is 2.49. The van der Waals surface area contributed by atoms with E-state index in [2.05, 4.69) is 15.6 Å². The Morgan fingerprint density at radius 1 is 1.37 bits per heavy atom. The van der Waals surface area contributed by atoms with Gasteiger partial charge in [0.25, 0.3) is 5.91 Å². The summed E-state index contributed by atoms with van der Waals surface area (Å²) in [4.78, 5) is 29.9. The number of nitrogens with one attached hydrogen (secondary N) is 2. The lowest BCUT2D eigenvalue weighted by atomic mass is 10.2. The van der Waals surface area contributed by atoms with Crippen molar-refractivity contribution in [3.05, 3.63) is 11.9 Å². The minimum Gasteiger partial charge on any atom is -0.356 e. The second kappa shape index (κ2) is 4.56. The van der Waals surface area contributed by atoms with Crippen molar-refractivity contribution < 1.29 is 9.59 Å². The van der Waals surface area contributed by atoms with E-state index >= 15 is 0 Å². The van der Waals surface area contributed by atoms with Gasteiger partial charge in [0.2, 0.25) is 11.9 Å². The molecule has 102 valence electrons. The number of fused-ring (bicyclic) bond motifs is 1. The molecule has 1 unspecified atom stereocenters. The molecule has 19 heavy (non-hydrogen) atoms. The fourth-order valence-corrected chi connectivity index (χ4v) is 2.49. The van der Waals surface area contributed by atoms with Crippen LogP contribution >= 0.6 is 0 Å². The minimum absolute atomic E-state index is 0.110. The Kier molecular flexibility index (Phi) is 2.88. The highest BCUT2D eigenvalue weighted by molar-refractivity contribution is 5.96. The van der Waals surface area contributed by atoms with Crippen LogP contribution in [0.1, 0.15) is 23.8 Å². The van der Waals surface area contributed by atoms with Crippen LogP contribution < -0.4 is 10.6 Å². The summed E-state index contributed by atoms with van der Waals surface area (Å²) in [5, 5.41) is 5.91. The number of amides is 2. The van der Waals surface area contributed by atoms with E-state index in [0.717, 1.165) is 25.5 Å². The molecule has 3 rings (SSSR count). The second-order valence-corrected chi connectivity index (χ2v) is 4.89. The van der Waals surface area contributed by atoms with Crippen LogP contribution in [0.15, 0.2) is 6.20 Å². The summed E-state index contributed by atoms with van der Waals surface area (Å²) in [6.45, 7) is 4.52. The van der Waals surface area contributed by atoms with Gasteiger partial charge in [0.05, 0.1) is 0 Å². The molecular formula is C12H17N5O2. The number of anilines is 1. The maximum atomic E-state index is 12.4. The lowest BCUT2D eigenvalue weighted by Gasteiger charge is -2.32. The molecule has 1 aromatic heterocycles. The largest absolute Gasteiger partial charge is 0.356 e. The first-order valence-electron chi connectivity index (χ1n) is 6.56. The number of piperazine rings is 1. The van der Waals surface area contributed by atoms with Gasteiger partial charge >= 0.3 is 0 Å². The number of rotatable bonds is 1. The summed E-state index contributed by atoms with van der Waals surface area (Å²) >= 11 is 0. The summed E-state index contributed by atoms with van der Waals surface area (Å²) in [6, 6.07) is -0.437. The third-order valence-corrected chi connectivity index (χ3v) is 3.61. The third-order valence-electron chi connectivity index (χ3n) is 3.61. The standard InChI is InChI=1S/C12H17N5O2/c1-8-10(18)13-4-6-17(8)11(19)9-7-16-5-2-3-14-12(16)15-9/h7-8H,2-6H2,1H3,(H,13,18)(H,14,15). The lowest BCUT2D eigenvalue weighted by Crippen LogP contribution is -2.55. The zero-order valence-electron chi connectivity index (χ0n) is 10.8. The molecule has 0 aromatic carbocycles. The minimum atomic E-state index is -0.437. The van der Waals surface area contributed by atoms with Gasteiger partial charge in [0.15, 0.2) is 0 Å². The first-order chi connectivity index (χ1) is 9.16. The molecule has 0 saturated carbocycles. The summed E-state index contributed by atoms with van der Waals surface area (Å²) in [5.74, 6) is 0.455. The van der Waals surface area contributed by atoms with Crippen LogP contribution in [0, 0.1) is 0 Å². The van der Waals surface area contributed by atoms with Gasteiger partial charge in [-0.25, -0.2) is 4.98 Å². The number of aromatic nitrogens is 2. The van der Waals surface area contributed by atoms with Gasteiger partial charge in [-0.1, -0.05) is 0 Å². The van der Waals surface area contributed by atoms with Crippen molar-refractivity contribution in [2.75, 3.05) is 25.0 Å². The van der Waals surface area contributed by atoms with Crippen molar-refractivity contribution in [1.29, 1.82) is 0 Å². The van der Waals surface area contributed by atoms with E-state index in [1.165, 1.54) is 0 Å². The van der Waals surface area contributed by atoms with Crippen LogP contribution in [0.2, 0.25) is 0 Å². The zero-order chi connectivity index (χ0) is 13.4. The van der Waals surface area contributed by atoms with E-state index in [9.17, 15) is 9.59 Å². The summed E-state index contributed by atoms with van der Waals surface area (Å²) in [7, 11) is 0. The van der Waals surface area contributed by atoms with Crippen LogP contribution in [0.5, 0.6) is 0 Å². The maximum Gasteiger partial charge on any atom is 0.274 e. The summed E-state index contributed by atoms with van der Waals surface area (Å²) in [6.07, 6.45) is 2.79. The quantitative estimate of drug-likeness (QED) is 0.726. The molecule has 1 atom stereocenters. The van der Waals surface area contributed by atoms with Crippen LogP contribution in [-0.2, 0) is 11.3 Å². The van der Waals surface area contributed by atoms with E-state index in [-0.39, 0.29) is 11.8 Å². The van der Waals surface area contributed by atoms with Gasteiger partial charge in [0.1, 0.15) is 11.7 Å². The number of nitrogens with zero attached hydrogens (tertiary/aromatic N) is 3. The van der Waals surface area contributed by atoms with Gasteiger partial charge in [-0.05, 0) is 13.3 Å². The molecule has 3 heterocycles. The van der Waals surface area contributed by atoms with Gasteiger partial charge in [0, 0.05) is 32.4 Å². The summed E-state index contributed by atoms with van der Waals surface area (Å²) in [5.41, 5.74) is 0.408. The van der Waals surface area contributed by atoms with Gasteiger partial charge in [-0.3, -0.25) is 9.59 Å². The van der Waals surface area contributed by atoms with Crippen LogP contribution in [-0.4, -0.2) is 51.9 Å². The lowest BCUT2D eigenvalue weighted by molar-refractivity contribution is -0.127. The fraction of sp³-hybridized carbons (Fsp3) is 0.583. The van der Waals surface area contributed by atoms with E-state index < -0.39 is 6.04 Å². The van der Waals surface area contributed by atoms with E-state index in [1.54, 1.807) is 18.0 Å². The normalized spacial score (nSPS) is 22.5. The van der Waals surface area contributed by atoms with Gasteiger partial charge < -0.3 is 20.1 Å². The van der Waals surface area contributed by atoms with Crippen molar-refractivity contribution >= 4 is 17.8 Å². The SMILES string of the molecule is CC1C(=O)NCCN1C(=O)c1cn2c(n1)NCCC2. The molecule has 1 saturated heterocycles. The van der Waals surface area contributed by atoms with Gasteiger partial charge in [-0.2, -0.15) is 0 Å². The Morgan fingerprint density at radius 3 is 3.00 bits per heavy atom. The predicted molar refractivity (Wildman–Crippen MR) is 68.8 cm³/mol. The molecule has 1 aromatic rings. The molecule has 1 fully saturated rings. The maximum absolute atomic E-state index is 12.4. The Balaban J connectivity index is 1.83. The Hall–Kier alpha value is -2.05. The number of hydrogen-bond acceptors (Lipinski definition) is 4. The average molecular weight is 263 g/mol. The number of carbonyl (C=O) groups is 2. The van der Waals surface area contributed by atoms with Crippen molar-refractivity contribution in [2.45, 2.75) is 25.9 Å². The van der Waals surface area contributed by atoms with Crippen LogP contribution in [0.3, 0.4) is 0 Å². The molecular weight excluding hydrogens is 246 g/mol. The molecule has 7 heteroatoms. The first kappa shape index (κ1) is 12.0.